The van der Waals surface area contributed by atoms with Crippen molar-refractivity contribution in [3.63, 3.8) is 0 Å². The molecule has 0 aliphatic heterocycles. The highest BCUT2D eigenvalue weighted by molar-refractivity contribution is 5.83. The molecule has 1 rings (SSSR count). The molecule has 0 unspecified atom stereocenters. The van der Waals surface area contributed by atoms with Gasteiger partial charge < -0.3 is 15.3 Å². The van der Waals surface area contributed by atoms with Gasteiger partial charge in [-0.2, -0.15) is 5.10 Å². The molecule has 7 nitrogen and oxygen atoms in total. The predicted molar refractivity (Wildman–Crippen MR) is 69.5 cm³/mol. The number of urea groups is 1. The second-order valence-electron chi connectivity index (χ2n) is 5.55. The zero-order chi connectivity index (χ0) is 14.6. The third-order valence-electron chi connectivity index (χ3n) is 2.70. The number of H-pyrrole nitrogens is 1. The van der Waals surface area contributed by atoms with E-state index in [1.807, 2.05) is 0 Å². The Kier molecular flexibility index (Phi) is 4.52. The summed E-state index contributed by atoms with van der Waals surface area (Å²) in [6, 6.07) is -1.37. The van der Waals surface area contributed by atoms with Crippen LogP contribution < -0.4 is 5.32 Å². The average Bonchev–Trinajstić information content (AvgIpc) is 2.75. The molecule has 106 valence electrons. The van der Waals surface area contributed by atoms with Crippen LogP contribution in [0.2, 0.25) is 0 Å². The van der Waals surface area contributed by atoms with Crippen molar-refractivity contribution in [3.8, 4) is 0 Å². The van der Waals surface area contributed by atoms with Gasteiger partial charge in [-0.25, -0.2) is 9.59 Å². The van der Waals surface area contributed by atoms with Crippen molar-refractivity contribution in [3.05, 3.63) is 18.0 Å². The summed E-state index contributed by atoms with van der Waals surface area (Å²) in [6.45, 7) is 5.66. The molecule has 2 amide bonds. The van der Waals surface area contributed by atoms with E-state index in [0.717, 1.165) is 5.56 Å². The molecular formula is C12H20N4O3. The lowest BCUT2D eigenvalue weighted by molar-refractivity contribution is -0.142. The fourth-order valence-electron chi connectivity index (χ4n) is 1.59. The summed E-state index contributed by atoms with van der Waals surface area (Å²) in [5, 5.41) is 18.1. The van der Waals surface area contributed by atoms with Crippen molar-refractivity contribution in [2.75, 3.05) is 7.05 Å². The second kappa shape index (κ2) is 5.73. The Morgan fingerprint density at radius 3 is 2.58 bits per heavy atom. The summed E-state index contributed by atoms with van der Waals surface area (Å²) in [5.74, 6) is -1.04. The smallest absolute Gasteiger partial charge is 0.326 e. The van der Waals surface area contributed by atoms with Crippen LogP contribution in [0.5, 0.6) is 0 Å². The first-order valence-electron chi connectivity index (χ1n) is 5.94. The summed E-state index contributed by atoms with van der Waals surface area (Å²) < 4.78 is 0. The molecular weight excluding hydrogens is 248 g/mol. The van der Waals surface area contributed by atoms with E-state index in [-0.39, 0.29) is 0 Å². The first kappa shape index (κ1) is 15.0. The largest absolute Gasteiger partial charge is 0.480 e. The third kappa shape index (κ3) is 4.27. The number of aromatic amines is 1. The van der Waals surface area contributed by atoms with E-state index in [0.29, 0.717) is 6.54 Å². The molecule has 0 aliphatic carbocycles. The van der Waals surface area contributed by atoms with Gasteiger partial charge in [0.15, 0.2) is 0 Å². The molecule has 0 aromatic carbocycles. The normalized spacial score (nSPS) is 12.8. The lowest BCUT2D eigenvalue weighted by Crippen LogP contribution is -2.52. The number of carbonyl (C=O) groups is 2. The summed E-state index contributed by atoms with van der Waals surface area (Å²) >= 11 is 0. The van der Waals surface area contributed by atoms with Gasteiger partial charge in [0.05, 0.1) is 12.7 Å². The van der Waals surface area contributed by atoms with E-state index in [1.54, 1.807) is 40.2 Å². The molecule has 3 N–H and O–H groups in total. The number of carbonyl (C=O) groups excluding carboxylic acids is 1. The molecule has 0 aliphatic rings. The van der Waals surface area contributed by atoms with Gasteiger partial charge in [0, 0.05) is 18.8 Å². The lowest BCUT2D eigenvalue weighted by Gasteiger charge is -2.29. The summed E-state index contributed by atoms with van der Waals surface area (Å²) in [5.41, 5.74) is 0.290. The Labute approximate surface area is 112 Å². The highest BCUT2D eigenvalue weighted by atomic mass is 16.4. The van der Waals surface area contributed by atoms with Crippen LogP contribution in [0.3, 0.4) is 0 Å². The van der Waals surface area contributed by atoms with E-state index in [2.05, 4.69) is 15.5 Å². The first-order chi connectivity index (χ1) is 8.71. The monoisotopic (exact) mass is 268 g/mol. The Balaban J connectivity index is 2.64. The van der Waals surface area contributed by atoms with Gasteiger partial charge in [0.1, 0.15) is 6.04 Å². The van der Waals surface area contributed by atoms with E-state index in [1.165, 1.54) is 4.90 Å². The second-order valence-corrected chi connectivity index (χ2v) is 5.55. The van der Waals surface area contributed by atoms with E-state index in [4.69, 9.17) is 5.11 Å². The summed E-state index contributed by atoms with van der Waals surface area (Å²) in [4.78, 5) is 24.5. The van der Waals surface area contributed by atoms with Gasteiger partial charge in [-0.1, -0.05) is 20.8 Å². The van der Waals surface area contributed by atoms with Crippen molar-refractivity contribution in [1.82, 2.24) is 20.4 Å². The Bertz CT molecular complexity index is 436. The van der Waals surface area contributed by atoms with Crippen LogP contribution in [0, 0.1) is 5.41 Å². The first-order valence-corrected chi connectivity index (χ1v) is 5.94. The van der Waals surface area contributed by atoms with Crippen LogP contribution in [0.1, 0.15) is 26.3 Å². The van der Waals surface area contributed by atoms with Gasteiger partial charge in [-0.15, -0.1) is 0 Å². The van der Waals surface area contributed by atoms with Crippen molar-refractivity contribution < 1.29 is 14.7 Å². The Morgan fingerprint density at radius 2 is 2.16 bits per heavy atom. The van der Waals surface area contributed by atoms with Crippen molar-refractivity contribution in [1.29, 1.82) is 0 Å². The topological polar surface area (TPSA) is 98.3 Å². The fourth-order valence-corrected chi connectivity index (χ4v) is 1.59. The molecule has 1 heterocycles. The zero-order valence-electron chi connectivity index (χ0n) is 11.6. The highest BCUT2D eigenvalue weighted by Crippen LogP contribution is 2.19. The van der Waals surface area contributed by atoms with E-state index >= 15 is 0 Å². The van der Waals surface area contributed by atoms with Gasteiger partial charge in [0.25, 0.3) is 0 Å². The number of aliphatic carboxylic acids is 1. The Morgan fingerprint density at radius 1 is 1.53 bits per heavy atom. The molecule has 1 aromatic heterocycles. The van der Waals surface area contributed by atoms with Crippen molar-refractivity contribution >= 4 is 12.0 Å². The van der Waals surface area contributed by atoms with Gasteiger partial charge in [-0.05, 0) is 5.41 Å². The molecule has 1 atom stereocenters. The minimum absolute atomic E-state index is 0.360. The maximum absolute atomic E-state index is 12.0. The number of hydrogen-bond donors (Lipinski definition) is 3. The quantitative estimate of drug-likeness (QED) is 0.760. The molecule has 0 fully saturated rings. The van der Waals surface area contributed by atoms with Crippen LogP contribution in [0.15, 0.2) is 12.4 Å². The van der Waals surface area contributed by atoms with Gasteiger partial charge >= 0.3 is 12.0 Å². The number of hydrogen-bond acceptors (Lipinski definition) is 3. The molecule has 1 aromatic rings. The molecule has 0 radical (unpaired) electrons. The van der Waals surface area contributed by atoms with Crippen LogP contribution in [-0.4, -0.2) is 45.3 Å². The predicted octanol–water partition coefficient (Wildman–Crippen LogP) is 1.05. The number of nitrogens with zero attached hydrogens (tertiary/aromatic N) is 2. The maximum Gasteiger partial charge on any atom is 0.326 e. The van der Waals surface area contributed by atoms with Gasteiger partial charge in [0.2, 0.25) is 0 Å². The SMILES string of the molecule is CN(Cc1cn[nH]c1)C(=O)N[C@@H](C(=O)O)C(C)(C)C. The minimum Gasteiger partial charge on any atom is -0.480 e. The molecule has 0 saturated carbocycles. The van der Waals surface area contributed by atoms with E-state index in [9.17, 15) is 9.59 Å². The van der Waals surface area contributed by atoms with Gasteiger partial charge in [-0.3, -0.25) is 5.10 Å². The number of aromatic nitrogens is 2. The number of carboxylic acid groups (broad SMARTS) is 1. The highest BCUT2D eigenvalue weighted by Gasteiger charge is 2.33. The number of nitrogens with one attached hydrogen (secondary N) is 2. The molecule has 0 bridgehead atoms. The average molecular weight is 268 g/mol. The fraction of sp³-hybridized carbons (Fsp3) is 0.583. The lowest BCUT2D eigenvalue weighted by atomic mass is 9.87. The van der Waals surface area contributed by atoms with Crippen molar-refractivity contribution in [2.24, 2.45) is 5.41 Å². The molecule has 0 spiro atoms. The number of amides is 2. The number of carboxylic acids is 1. The van der Waals surface area contributed by atoms with Crippen LogP contribution in [0.4, 0.5) is 4.79 Å². The molecule has 7 heteroatoms. The molecule has 0 saturated heterocycles. The zero-order valence-corrected chi connectivity index (χ0v) is 11.6. The number of rotatable bonds is 4. The van der Waals surface area contributed by atoms with Crippen LogP contribution >= 0.6 is 0 Å². The van der Waals surface area contributed by atoms with Crippen LogP contribution in [0.25, 0.3) is 0 Å². The van der Waals surface area contributed by atoms with Crippen LogP contribution in [-0.2, 0) is 11.3 Å². The standard InChI is InChI=1S/C12H20N4O3/c1-12(2,3)9(10(17)18)15-11(19)16(4)7-8-5-13-14-6-8/h5-6,9H,7H2,1-4H3,(H,13,14)(H,15,19)(H,17,18)/t9-/m0/s1. The summed E-state index contributed by atoms with van der Waals surface area (Å²) in [7, 11) is 1.60. The summed E-state index contributed by atoms with van der Waals surface area (Å²) in [6.07, 6.45) is 3.30. The minimum atomic E-state index is -1.04. The van der Waals surface area contributed by atoms with Crippen molar-refractivity contribution in [2.45, 2.75) is 33.4 Å². The third-order valence-corrected chi connectivity index (χ3v) is 2.70. The Hall–Kier alpha value is -2.05. The molecule has 19 heavy (non-hydrogen) atoms. The maximum atomic E-state index is 12.0. The van der Waals surface area contributed by atoms with E-state index < -0.39 is 23.5 Å².